The van der Waals surface area contributed by atoms with Gasteiger partial charge in [0.1, 0.15) is 12.1 Å². The third kappa shape index (κ3) is 1.71. The van der Waals surface area contributed by atoms with Gasteiger partial charge < -0.3 is 10.6 Å². The summed E-state index contributed by atoms with van der Waals surface area (Å²) in [5.41, 5.74) is 6.59. The minimum Gasteiger partial charge on any atom is -0.355 e. The van der Waals surface area contributed by atoms with Crippen molar-refractivity contribution in [2.24, 2.45) is 5.73 Å². The first kappa shape index (κ1) is 10.8. The van der Waals surface area contributed by atoms with E-state index in [0.29, 0.717) is 12.3 Å². The standard InChI is InChI=1S/C10H16N6/c1-7-4-9(15(3)8(2)5-11)16-10(14-7)12-6-13-16/h4,6,8H,5,11H2,1-3H3. The average Bonchev–Trinajstić information content (AvgIpc) is 2.73. The van der Waals surface area contributed by atoms with Crippen LogP contribution in [0.2, 0.25) is 0 Å². The Bertz CT molecular complexity index is 491. The molecule has 0 aliphatic heterocycles. The van der Waals surface area contributed by atoms with E-state index in [2.05, 4.69) is 26.9 Å². The highest BCUT2D eigenvalue weighted by molar-refractivity contribution is 5.47. The van der Waals surface area contributed by atoms with Crippen LogP contribution in [0.1, 0.15) is 12.6 Å². The third-order valence-electron chi connectivity index (χ3n) is 2.72. The quantitative estimate of drug-likeness (QED) is 0.801. The zero-order valence-corrected chi connectivity index (χ0v) is 9.75. The monoisotopic (exact) mass is 220 g/mol. The number of fused-ring (bicyclic) bond motifs is 1. The highest BCUT2D eigenvalue weighted by atomic mass is 15.4. The van der Waals surface area contributed by atoms with Gasteiger partial charge in [-0.15, -0.1) is 0 Å². The molecule has 6 heteroatoms. The molecule has 0 aliphatic rings. The molecule has 86 valence electrons. The summed E-state index contributed by atoms with van der Waals surface area (Å²) in [5, 5.41) is 4.16. The largest absolute Gasteiger partial charge is 0.355 e. The van der Waals surface area contributed by atoms with Crippen molar-refractivity contribution in [1.82, 2.24) is 19.6 Å². The summed E-state index contributed by atoms with van der Waals surface area (Å²) in [6.07, 6.45) is 1.51. The van der Waals surface area contributed by atoms with Gasteiger partial charge in [0, 0.05) is 31.4 Å². The SMILES string of the molecule is Cc1cc(N(C)C(C)CN)n2ncnc2n1. The van der Waals surface area contributed by atoms with Crippen LogP contribution in [0, 0.1) is 6.92 Å². The van der Waals surface area contributed by atoms with Crippen molar-refractivity contribution in [3.8, 4) is 0 Å². The number of aromatic nitrogens is 4. The summed E-state index contributed by atoms with van der Waals surface area (Å²) in [6, 6.07) is 2.22. The molecule has 0 bridgehead atoms. The molecule has 2 aromatic rings. The summed E-state index contributed by atoms with van der Waals surface area (Å²) in [7, 11) is 1.99. The van der Waals surface area contributed by atoms with Crippen LogP contribution >= 0.6 is 0 Å². The van der Waals surface area contributed by atoms with Crippen molar-refractivity contribution >= 4 is 11.6 Å². The van der Waals surface area contributed by atoms with E-state index in [9.17, 15) is 0 Å². The molecule has 2 heterocycles. The van der Waals surface area contributed by atoms with E-state index < -0.39 is 0 Å². The third-order valence-corrected chi connectivity index (χ3v) is 2.72. The van der Waals surface area contributed by atoms with Gasteiger partial charge in [-0.05, 0) is 13.8 Å². The van der Waals surface area contributed by atoms with Gasteiger partial charge in [0.05, 0.1) is 0 Å². The van der Waals surface area contributed by atoms with E-state index in [1.807, 2.05) is 20.0 Å². The highest BCUT2D eigenvalue weighted by Gasteiger charge is 2.13. The fourth-order valence-electron chi connectivity index (χ4n) is 1.55. The second kappa shape index (κ2) is 4.05. The minimum atomic E-state index is 0.245. The summed E-state index contributed by atoms with van der Waals surface area (Å²) < 4.78 is 1.72. The second-order valence-corrected chi connectivity index (χ2v) is 3.92. The van der Waals surface area contributed by atoms with Crippen molar-refractivity contribution in [3.05, 3.63) is 18.1 Å². The molecule has 2 rings (SSSR count). The maximum Gasteiger partial charge on any atom is 0.254 e. The lowest BCUT2D eigenvalue weighted by atomic mass is 10.3. The molecule has 6 nitrogen and oxygen atoms in total. The second-order valence-electron chi connectivity index (χ2n) is 3.92. The van der Waals surface area contributed by atoms with E-state index in [4.69, 9.17) is 5.73 Å². The molecule has 0 radical (unpaired) electrons. The number of likely N-dealkylation sites (N-methyl/N-ethyl adjacent to an activating group) is 1. The molecule has 0 aromatic carbocycles. The average molecular weight is 220 g/mol. The Labute approximate surface area is 94.1 Å². The Balaban J connectivity index is 2.53. The summed E-state index contributed by atoms with van der Waals surface area (Å²) in [4.78, 5) is 10.5. The molecule has 0 aliphatic carbocycles. The van der Waals surface area contributed by atoms with Crippen LogP contribution < -0.4 is 10.6 Å². The Morgan fingerprint density at radius 2 is 2.31 bits per heavy atom. The zero-order chi connectivity index (χ0) is 11.7. The molecule has 0 saturated heterocycles. The van der Waals surface area contributed by atoms with Crippen LogP contribution in [0.5, 0.6) is 0 Å². The lowest BCUT2D eigenvalue weighted by molar-refractivity contribution is 0.674. The highest BCUT2D eigenvalue weighted by Crippen LogP contribution is 2.16. The van der Waals surface area contributed by atoms with E-state index in [0.717, 1.165) is 11.5 Å². The number of nitrogens with zero attached hydrogens (tertiary/aromatic N) is 5. The van der Waals surface area contributed by atoms with Crippen molar-refractivity contribution in [3.63, 3.8) is 0 Å². The molecule has 1 atom stereocenters. The molecular weight excluding hydrogens is 204 g/mol. The predicted octanol–water partition coefficient (Wildman–Crippen LogP) is 0.216. The van der Waals surface area contributed by atoms with Gasteiger partial charge in [-0.1, -0.05) is 0 Å². The smallest absolute Gasteiger partial charge is 0.254 e. The molecule has 1 unspecified atom stereocenters. The Morgan fingerprint density at radius 3 is 3.00 bits per heavy atom. The first-order valence-electron chi connectivity index (χ1n) is 5.23. The lowest BCUT2D eigenvalue weighted by Gasteiger charge is -2.25. The maximum absolute atomic E-state index is 5.67. The van der Waals surface area contributed by atoms with Crippen LogP contribution in [0.25, 0.3) is 5.78 Å². The molecule has 2 N–H and O–H groups in total. The number of hydrogen-bond acceptors (Lipinski definition) is 5. The van der Waals surface area contributed by atoms with Crippen LogP contribution in [-0.4, -0.2) is 39.2 Å². The van der Waals surface area contributed by atoms with E-state index in [1.54, 1.807) is 4.52 Å². The molecule has 2 aromatic heterocycles. The van der Waals surface area contributed by atoms with Crippen LogP contribution in [0.3, 0.4) is 0 Å². The number of nitrogens with two attached hydrogens (primary N) is 1. The van der Waals surface area contributed by atoms with Gasteiger partial charge in [0.15, 0.2) is 0 Å². The topological polar surface area (TPSA) is 72.3 Å². The Kier molecular flexibility index (Phi) is 2.74. The van der Waals surface area contributed by atoms with E-state index in [-0.39, 0.29) is 6.04 Å². The van der Waals surface area contributed by atoms with Gasteiger partial charge in [-0.3, -0.25) is 0 Å². The fraction of sp³-hybridized carbons (Fsp3) is 0.500. The summed E-state index contributed by atoms with van der Waals surface area (Å²) in [6.45, 7) is 4.60. The number of rotatable bonds is 3. The normalized spacial score (nSPS) is 13.0. The molecular formula is C10H16N6. The number of anilines is 1. The number of aryl methyl sites for hydroxylation is 1. The van der Waals surface area contributed by atoms with E-state index in [1.165, 1.54) is 6.33 Å². The van der Waals surface area contributed by atoms with Gasteiger partial charge >= 0.3 is 0 Å². The van der Waals surface area contributed by atoms with Gasteiger partial charge in [-0.25, -0.2) is 4.98 Å². The van der Waals surface area contributed by atoms with Crippen LogP contribution in [-0.2, 0) is 0 Å². The Hall–Kier alpha value is -1.69. The maximum atomic E-state index is 5.67. The fourth-order valence-corrected chi connectivity index (χ4v) is 1.55. The van der Waals surface area contributed by atoms with Crippen molar-refractivity contribution < 1.29 is 0 Å². The van der Waals surface area contributed by atoms with Crippen LogP contribution in [0.15, 0.2) is 12.4 Å². The first-order chi connectivity index (χ1) is 7.63. The molecule has 0 amide bonds. The molecule has 0 saturated carbocycles. The van der Waals surface area contributed by atoms with Gasteiger partial charge in [0.25, 0.3) is 5.78 Å². The van der Waals surface area contributed by atoms with E-state index >= 15 is 0 Å². The van der Waals surface area contributed by atoms with Crippen molar-refractivity contribution in [2.75, 3.05) is 18.5 Å². The van der Waals surface area contributed by atoms with Crippen molar-refractivity contribution in [1.29, 1.82) is 0 Å². The number of hydrogen-bond donors (Lipinski definition) is 1. The lowest BCUT2D eigenvalue weighted by Crippen LogP contribution is -2.36. The molecule has 16 heavy (non-hydrogen) atoms. The molecule has 0 spiro atoms. The van der Waals surface area contributed by atoms with Crippen molar-refractivity contribution in [2.45, 2.75) is 19.9 Å². The first-order valence-corrected chi connectivity index (χ1v) is 5.23. The van der Waals surface area contributed by atoms with Gasteiger partial charge in [-0.2, -0.15) is 14.6 Å². The molecule has 0 fully saturated rings. The summed E-state index contributed by atoms with van der Waals surface area (Å²) >= 11 is 0. The van der Waals surface area contributed by atoms with Crippen LogP contribution in [0.4, 0.5) is 5.82 Å². The minimum absolute atomic E-state index is 0.245. The Morgan fingerprint density at radius 1 is 1.56 bits per heavy atom. The zero-order valence-electron chi connectivity index (χ0n) is 9.75. The predicted molar refractivity (Wildman–Crippen MR) is 62.4 cm³/mol. The van der Waals surface area contributed by atoms with Gasteiger partial charge in [0.2, 0.25) is 0 Å². The summed E-state index contributed by atoms with van der Waals surface area (Å²) in [5.74, 6) is 1.57.